The number of carbonyl (C=O) groups is 2. The summed E-state index contributed by atoms with van der Waals surface area (Å²) in [6, 6.07) is -0.535. The number of aliphatic hydroxyl groups excluding tert-OH is 2. The molecule has 0 aliphatic heterocycles. The second-order valence-corrected chi connectivity index (χ2v) is 26.3. The molecular formula is C76H149NO5. The first-order valence-electron chi connectivity index (χ1n) is 37.9. The molecule has 0 saturated heterocycles. The quantitative estimate of drug-likeness (QED) is 0.0320. The van der Waals surface area contributed by atoms with Crippen LogP contribution >= 0.6 is 0 Å². The van der Waals surface area contributed by atoms with Crippen LogP contribution in [-0.2, 0) is 14.3 Å². The van der Waals surface area contributed by atoms with E-state index >= 15 is 0 Å². The maximum absolute atomic E-state index is 12.5. The molecule has 0 fully saturated rings. The summed E-state index contributed by atoms with van der Waals surface area (Å²) in [7, 11) is 0. The lowest BCUT2D eigenvalue weighted by Gasteiger charge is -2.22. The van der Waals surface area contributed by atoms with Crippen molar-refractivity contribution in [2.45, 2.75) is 450 Å². The molecule has 2 atom stereocenters. The second-order valence-electron chi connectivity index (χ2n) is 26.3. The third kappa shape index (κ3) is 67.7. The number of unbranched alkanes of at least 4 members (excludes halogenated alkanes) is 59. The summed E-state index contributed by atoms with van der Waals surface area (Å²) in [6.07, 6.45) is 90.2. The van der Waals surface area contributed by atoms with Crippen LogP contribution in [0.2, 0.25) is 0 Å². The van der Waals surface area contributed by atoms with E-state index in [1.54, 1.807) is 0 Å². The molecule has 0 aliphatic rings. The van der Waals surface area contributed by atoms with E-state index in [0.717, 1.165) is 44.9 Å². The highest BCUT2D eigenvalue weighted by Gasteiger charge is 2.20. The van der Waals surface area contributed by atoms with Gasteiger partial charge in [-0.1, -0.05) is 386 Å². The van der Waals surface area contributed by atoms with Crippen molar-refractivity contribution in [1.82, 2.24) is 5.32 Å². The molecule has 0 rings (SSSR count). The third-order valence-electron chi connectivity index (χ3n) is 18.1. The molecule has 1 amide bonds. The van der Waals surface area contributed by atoms with Gasteiger partial charge in [0.25, 0.3) is 0 Å². The Hall–Kier alpha value is -1.40. The minimum absolute atomic E-state index is 0.0169. The number of esters is 1. The van der Waals surface area contributed by atoms with E-state index in [1.165, 1.54) is 360 Å². The normalized spacial score (nSPS) is 12.5. The van der Waals surface area contributed by atoms with Crippen molar-refractivity contribution in [1.29, 1.82) is 0 Å². The van der Waals surface area contributed by atoms with Crippen LogP contribution in [0.3, 0.4) is 0 Å². The summed E-state index contributed by atoms with van der Waals surface area (Å²) >= 11 is 0. The summed E-state index contributed by atoms with van der Waals surface area (Å²) in [5.41, 5.74) is 0. The molecule has 0 bridgehead atoms. The zero-order valence-electron chi connectivity index (χ0n) is 56.0. The molecule has 0 aromatic heterocycles. The standard InChI is InChI=1S/C76H149NO5/c1-3-5-7-9-11-13-15-17-18-43-46-50-54-58-62-66-70-76(81)82-71-67-63-59-55-51-47-44-41-39-37-35-33-31-29-27-25-23-21-19-20-22-24-26-28-30-32-34-36-38-40-42-45-49-53-57-61-65-69-75(80)77-73(72-78)74(79)68-64-60-56-52-48-16-14-12-10-8-6-4-2/h18,43,73-74,78-79H,3-17,19-42,44-72H2,1-2H3,(H,77,80)/b43-18-. The molecule has 0 aliphatic carbocycles. The molecule has 0 aromatic rings. The number of allylic oxidation sites excluding steroid dienone is 2. The van der Waals surface area contributed by atoms with Crippen molar-refractivity contribution in [2.24, 2.45) is 0 Å². The molecule has 0 heterocycles. The molecule has 0 aromatic carbocycles. The van der Waals surface area contributed by atoms with Gasteiger partial charge in [0, 0.05) is 12.8 Å². The Morgan fingerprint density at radius 2 is 0.573 bits per heavy atom. The lowest BCUT2D eigenvalue weighted by atomic mass is 10.0. The van der Waals surface area contributed by atoms with E-state index in [4.69, 9.17) is 4.74 Å². The van der Waals surface area contributed by atoms with Gasteiger partial charge in [-0.15, -0.1) is 0 Å². The highest BCUT2D eigenvalue weighted by Crippen LogP contribution is 2.20. The maximum atomic E-state index is 12.5. The molecule has 488 valence electrons. The van der Waals surface area contributed by atoms with Gasteiger partial charge in [-0.05, 0) is 51.4 Å². The summed E-state index contributed by atoms with van der Waals surface area (Å²) in [5, 5.41) is 23.3. The number of aliphatic hydroxyl groups is 2. The van der Waals surface area contributed by atoms with E-state index in [-0.39, 0.29) is 18.5 Å². The minimum Gasteiger partial charge on any atom is -0.466 e. The van der Waals surface area contributed by atoms with Crippen molar-refractivity contribution < 1.29 is 24.5 Å². The Morgan fingerprint density at radius 1 is 0.329 bits per heavy atom. The van der Waals surface area contributed by atoms with Crippen LogP contribution in [0.5, 0.6) is 0 Å². The van der Waals surface area contributed by atoms with Gasteiger partial charge in [0.15, 0.2) is 0 Å². The van der Waals surface area contributed by atoms with Crippen molar-refractivity contribution in [3.63, 3.8) is 0 Å². The predicted molar refractivity (Wildman–Crippen MR) is 361 cm³/mol. The highest BCUT2D eigenvalue weighted by atomic mass is 16.5. The van der Waals surface area contributed by atoms with Gasteiger partial charge in [-0.25, -0.2) is 0 Å². The Labute approximate surface area is 514 Å². The van der Waals surface area contributed by atoms with Gasteiger partial charge >= 0.3 is 5.97 Å². The van der Waals surface area contributed by atoms with E-state index in [1.807, 2.05) is 0 Å². The van der Waals surface area contributed by atoms with Gasteiger partial charge in [0.2, 0.25) is 5.91 Å². The number of hydrogen-bond donors (Lipinski definition) is 3. The highest BCUT2D eigenvalue weighted by molar-refractivity contribution is 5.76. The molecule has 3 N–H and O–H groups in total. The van der Waals surface area contributed by atoms with Crippen LogP contribution in [0.25, 0.3) is 0 Å². The fourth-order valence-corrected chi connectivity index (χ4v) is 12.3. The fraction of sp³-hybridized carbons (Fsp3) is 0.947. The fourth-order valence-electron chi connectivity index (χ4n) is 12.3. The Bertz CT molecular complexity index is 1240. The first kappa shape index (κ1) is 80.6. The van der Waals surface area contributed by atoms with Crippen molar-refractivity contribution in [3.8, 4) is 0 Å². The third-order valence-corrected chi connectivity index (χ3v) is 18.1. The summed E-state index contributed by atoms with van der Waals surface area (Å²) in [6.45, 7) is 4.98. The molecule has 6 nitrogen and oxygen atoms in total. The monoisotopic (exact) mass is 1160 g/mol. The van der Waals surface area contributed by atoms with Gasteiger partial charge in [0.1, 0.15) is 0 Å². The van der Waals surface area contributed by atoms with Crippen molar-refractivity contribution in [2.75, 3.05) is 13.2 Å². The van der Waals surface area contributed by atoms with Crippen LogP contribution < -0.4 is 5.32 Å². The molecule has 0 saturated carbocycles. The van der Waals surface area contributed by atoms with Gasteiger partial charge in [-0.2, -0.15) is 0 Å². The number of hydrogen-bond acceptors (Lipinski definition) is 5. The van der Waals surface area contributed by atoms with Gasteiger partial charge in [0.05, 0.1) is 25.4 Å². The van der Waals surface area contributed by atoms with Crippen molar-refractivity contribution in [3.05, 3.63) is 12.2 Å². The summed E-state index contributed by atoms with van der Waals surface area (Å²) in [4.78, 5) is 24.6. The van der Waals surface area contributed by atoms with E-state index in [0.29, 0.717) is 25.9 Å². The first-order valence-corrected chi connectivity index (χ1v) is 37.9. The van der Waals surface area contributed by atoms with Crippen LogP contribution in [0.1, 0.15) is 438 Å². The Balaban J connectivity index is 3.27. The Kier molecular flexibility index (Phi) is 70.8. The zero-order valence-corrected chi connectivity index (χ0v) is 56.0. The lowest BCUT2D eigenvalue weighted by molar-refractivity contribution is -0.143. The predicted octanol–water partition coefficient (Wildman–Crippen LogP) is 24.7. The van der Waals surface area contributed by atoms with E-state index < -0.39 is 12.1 Å². The van der Waals surface area contributed by atoms with Crippen LogP contribution in [0.4, 0.5) is 0 Å². The summed E-state index contributed by atoms with van der Waals surface area (Å²) in [5.74, 6) is -0.0101. The lowest BCUT2D eigenvalue weighted by Crippen LogP contribution is -2.45. The molecule has 82 heavy (non-hydrogen) atoms. The zero-order chi connectivity index (χ0) is 59.2. The van der Waals surface area contributed by atoms with Crippen LogP contribution in [0, 0.1) is 0 Å². The molecule has 0 radical (unpaired) electrons. The summed E-state index contributed by atoms with van der Waals surface area (Å²) < 4.78 is 5.50. The number of nitrogens with one attached hydrogen (secondary N) is 1. The average Bonchev–Trinajstić information content (AvgIpc) is 3.48. The average molecular weight is 1160 g/mol. The second kappa shape index (κ2) is 72.1. The van der Waals surface area contributed by atoms with Gasteiger partial charge in [-0.3, -0.25) is 9.59 Å². The largest absolute Gasteiger partial charge is 0.466 e. The van der Waals surface area contributed by atoms with E-state index in [2.05, 4.69) is 31.3 Å². The van der Waals surface area contributed by atoms with Gasteiger partial charge < -0.3 is 20.3 Å². The van der Waals surface area contributed by atoms with Crippen LogP contribution in [0.15, 0.2) is 12.2 Å². The SMILES string of the molecule is CCCCCCCCC/C=C\CCCCCCCC(=O)OCCCCCCCCCCCCCCCCCCCCCCCCCCCCCCCCCCCCCCCC(=O)NC(CO)C(O)CCCCCCCCCCCCCC. The molecule has 6 heteroatoms. The minimum atomic E-state index is -0.658. The first-order chi connectivity index (χ1) is 40.5. The molecule has 2 unspecified atom stereocenters. The molecular weight excluding hydrogens is 1010 g/mol. The molecule has 0 spiro atoms. The number of rotatable bonds is 72. The Morgan fingerprint density at radius 3 is 0.866 bits per heavy atom. The smallest absolute Gasteiger partial charge is 0.305 e. The topological polar surface area (TPSA) is 95.9 Å². The number of ether oxygens (including phenoxy) is 1. The van der Waals surface area contributed by atoms with Crippen molar-refractivity contribution >= 4 is 11.9 Å². The maximum Gasteiger partial charge on any atom is 0.305 e. The number of carbonyl (C=O) groups excluding carboxylic acids is 2. The van der Waals surface area contributed by atoms with Crippen LogP contribution in [-0.4, -0.2) is 47.4 Å². The van der Waals surface area contributed by atoms with E-state index in [9.17, 15) is 19.8 Å². The number of amides is 1.